The van der Waals surface area contributed by atoms with E-state index in [-0.39, 0.29) is 11.3 Å². The fraction of sp³-hybridized carbons (Fsp3) is 1.00. The van der Waals surface area contributed by atoms with E-state index < -0.39 is 22.9 Å². The number of aliphatic hydroxyl groups excluding tert-OH is 1. The molecule has 0 amide bonds. The molecule has 0 aromatic rings. The molecule has 0 aliphatic heterocycles. The van der Waals surface area contributed by atoms with Gasteiger partial charge in [0.1, 0.15) is 0 Å². The van der Waals surface area contributed by atoms with Crippen molar-refractivity contribution < 1.29 is 20.4 Å². The van der Waals surface area contributed by atoms with Crippen molar-refractivity contribution in [3.8, 4) is 0 Å². The second-order valence-electron chi connectivity index (χ2n) is 7.76. The van der Waals surface area contributed by atoms with Gasteiger partial charge in [-0.15, -0.1) is 0 Å². The summed E-state index contributed by atoms with van der Waals surface area (Å²) >= 11 is 0. The Morgan fingerprint density at radius 1 is 1.05 bits per heavy atom. The Morgan fingerprint density at radius 3 is 2.16 bits per heavy atom. The predicted molar refractivity (Wildman–Crippen MR) is 72.6 cm³/mol. The molecule has 4 heteroatoms. The van der Waals surface area contributed by atoms with Crippen LogP contribution in [0, 0.1) is 11.3 Å². The van der Waals surface area contributed by atoms with Gasteiger partial charge in [0.2, 0.25) is 0 Å². The molecule has 0 aromatic heterocycles. The van der Waals surface area contributed by atoms with Crippen LogP contribution in [-0.4, -0.2) is 43.3 Å². The van der Waals surface area contributed by atoms with Gasteiger partial charge < -0.3 is 20.4 Å². The van der Waals surface area contributed by atoms with Crippen LogP contribution >= 0.6 is 0 Å². The van der Waals surface area contributed by atoms with Gasteiger partial charge in [-0.3, -0.25) is 0 Å². The molecule has 2 fully saturated rings. The van der Waals surface area contributed by atoms with Crippen molar-refractivity contribution in [2.24, 2.45) is 11.3 Å². The first-order valence-corrected chi connectivity index (χ1v) is 7.28. The summed E-state index contributed by atoms with van der Waals surface area (Å²) in [6.07, 6.45) is 2.10. The van der Waals surface area contributed by atoms with Gasteiger partial charge in [-0.25, -0.2) is 0 Å². The zero-order chi connectivity index (χ0) is 14.7. The monoisotopic (exact) mass is 272 g/mol. The second kappa shape index (κ2) is 4.17. The highest BCUT2D eigenvalue weighted by Gasteiger charge is 2.60. The fourth-order valence-electron chi connectivity index (χ4n) is 4.14. The number of rotatable bonds is 1. The van der Waals surface area contributed by atoms with E-state index in [0.29, 0.717) is 32.1 Å². The third-order valence-electron chi connectivity index (χ3n) is 5.99. The van der Waals surface area contributed by atoms with Crippen molar-refractivity contribution in [1.29, 1.82) is 0 Å². The number of aliphatic hydroxyl groups is 4. The number of hydrogen-bond acceptors (Lipinski definition) is 4. The van der Waals surface area contributed by atoms with Crippen LogP contribution in [0.1, 0.15) is 59.8 Å². The summed E-state index contributed by atoms with van der Waals surface area (Å²) in [7, 11) is 0. The number of hydrogen-bond donors (Lipinski definition) is 4. The maximum Gasteiger partial charge on any atom is 0.0932 e. The first-order chi connectivity index (χ1) is 8.42. The molecular weight excluding hydrogens is 244 g/mol. The number of fused-ring (bicyclic) bond motifs is 1. The predicted octanol–water partition coefficient (Wildman–Crippen LogP) is 1.20. The van der Waals surface area contributed by atoms with E-state index in [9.17, 15) is 20.4 Å². The molecule has 5 atom stereocenters. The highest BCUT2D eigenvalue weighted by molar-refractivity contribution is 5.11. The van der Waals surface area contributed by atoms with Gasteiger partial charge in [0.25, 0.3) is 0 Å². The van der Waals surface area contributed by atoms with E-state index >= 15 is 0 Å². The first kappa shape index (κ1) is 15.2. The lowest BCUT2D eigenvalue weighted by atomic mass is 9.50. The molecule has 0 aromatic carbocycles. The molecule has 2 saturated carbocycles. The van der Waals surface area contributed by atoms with Gasteiger partial charge in [-0.05, 0) is 64.2 Å². The molecule has 2 aliphatic carbocycles. The highest BCUT2D eigenvalue weighted by Crippen LogP contribution is 2.57. The quantitative estimate of drug-likeness (QED) is 0.578. The minimum atomic E-state index is -1.20. The van der Waals surface area contributed by atoms with Crippen LogP contribution in [-0.2, 0) is 0 Å². The first-order valence-electron chi connectivity index (χ1n) is 7.28. The van der Waals surface area contributed by atoms with E-state index in [1.54, 1.807) is 20.8 Å². The van der Waals surface area contributed by atoms with Gasteiger partial charge in [-0.2, -0.15) is 0 Å². The summed E-state index contributed by atoms with van der Waals surface area (Å²) in [6.45, 7) is 7.02. The Hall–Kier alpha value is -0.160. The van der Waals surface area contributed by atoms with Crippen molar-refractivity contribution in [3.63, 3.8) is 0 Å². The molecule has 0 heterocycles. The zero-order valence-corrected chi connectivity index (χ0v) is 12.5. The Labute approximate surface area is 115 Å². The van der Waals surface area contributed by atoms with Crippen LogP contribution in [0.15, 0.2) is 0 Å². The van der Waals surface area contributed by atoms with Gasteiger partial charge >= 0.3 is 0 Å². The van der Waals surface area contributed by atoms with Crippen molar-refractivity contribution in [2.45, 2.75) is 82.7 Å². The third-order valence-corrected chi connectivity index (χ3v) is 5.99. The molecule has 112 valence electrons. The minimum absolute atomic E-state index is 0.200. The SMILES string of the molecule is CC(C)(O)[C@@]1(O)CC[C@@]2(C)[C@H](O)CC[C@](C)(O)[C@H]2C1. The maximum absolute atomic E-state index is 10.7. The standard InChI is InChI=1S/C15H28O4/c1-12(2,17)15(19)8-7-13(3)10(9-15)14(4,18)6-5-11(13)16/h10-11,16-19H,5-9H2,1-4H3/t10-,11+,13+,14-,15+/m0/s1. The van der Waals surface area contributed by atoms with Crippen LogP contribution in [0.4, 0.5) is 0 Å². The van der Waals surface area contributed by atoms with Crippen molar-refractivity contribution >= 4 is 0 Å². The molecule has 19 heavy (non-hydrogen) atoms. The van der Waals surface area contributed by atoms with Gasteiger partial charge in [0.15, 0.2) is 0 Å². The molecule has 4 N–H and O–H groups in total. The molecule has 0 bridgehead atoms. The summed E-state index contributed by atoms with van der Waals surface area (Å²) < 4.78 is 0. The van der Waals surface area contributed by atoms with Crippen LogP contribution in [0.2, 0.25) is 0 Å². The average molecular weight is 272 g/mol. The Kier molecular flexibility index (Phi) is 3.34. The van der Waals surface area contributed by atoms with Gasteiger partial charge in [0, 0.05) is 0 Å². The molecule has 0 saturated heterocycles. The maximum atomic E-state index is 10.7. The molecule has 0 unspecified atom stereocenters. The van der Waals surface area contributed by atoms with Gasteiger partial charge in [-0.1, -0.05) is 6.92 Å². The van der Waals surface area contributed by atoms with Crippen LogP contribution < -0.4 is 0 Å². The Morgan fingerprint density at radius 2 is 1.63 bits per heavy atom. The molecule has 2 rings (SSSR count). The van der Waals surface area contributed by atoms with Gasteiger partial charge in [0.05, 0.1) is 22.9 Å². The summed E-state index contributed by atoms with van der Waals surface area (Å²) in [5, 5.41) is 41.9. The Balaban J connectivity index is 2.35. The second-order valence-corrected chi connectivity index (χ2v) is 7.76. The summed E-state index contributed by atoms with van der Waals surface area (Å²) in [5.74, 6) is -0.200. The largest absolute Gasteiger partial charge is 0.393 e. The third kappa shape index (κ3) is 2.23. The van der Waals surface area contributed by atoms with Crippen molar-refractivity contribution in [3.05, 3.63) is 0 Å². The van der Waals surface area contributed by atoms with E-state index in [4.69, 9.17) is 0 Å². The van der Waals surface area contributed by atoms with Crippen molar-refractivity contribution in [1.82, 2.24) is 0 Å². The van der Waals surface area contributed by atoms with E-state index in [0.717, 1.165) is 0 Å². The zero-order valence-electron chi connectivity index (χ0n) is 12.5. The van der Waals surface area contributed by atoms with Crippen LogP contribution in [0.5, 0.6) is 0 Å². The van der Waals surface area contributed by atoms with Crippen LogP contribution in [0.25, 0.3) is 0 Å². The lowest BCUT2D eigenvalue weighted by Crippen LogP contribution is -2.64. The lowest BCUT2D eigenvalue weighted by Gasteiger charge is -2.59. The van der Waals surface area contributed by atoms with E-state index in [2.05, 4.69) is 0 Å². The minimum Gasteiger partial charge on any atom is -0.393 e. The highest BCUT2D eigenvalue weighted by atomic mass is 16.4. The fourth-order valence-corrected chi connectivity index (χ4v) is 4.14. The summed E-state index contributed by atoms with van der Waals surface area (Å²) in [5.41, 5.74) is -3.67. The molecule has 2 aliphatic rings. The molecule has 4 nitrogen and oxygen atoms in total. The summed E-state index contributed by atoms with van der Waals surface area (Å²) in [4.78, 5) is 0. The Bertz CT molecular complexity index is 360. The summed E-state index contributed by atoms with van der Waals surface area (Å²) in [6, 6.07) is 0. The topological polar surface area (TPSA) is 80.9 Å². The van der Waals surface area contributed by atoms with Crippen LogP contribution in [0.3, 0.4) is 0 Å². The van der Waals surface area contributed by atoms with E-state index in [1.165, 1.54) is 0 Å². The molecule has 0 radical (unpaired) electrons. The van der Waals surface area contributed by atoms with Crippen molar-refractivity contribution in [2.75, 3.05) is 0 Å². The average Bonchev–Trinajstić information content (AvgIpc) is 2.26. The smallest absolute Gasteiger partial charge is 0.0932 e. The molecular formula is C15H28O4. The lowest BCUT2D eigenvalue weighted by molar-refractivity contribution is -0.235. The van der Waals surface area contributed by atoms with E-state index in [1.807, 2.05) is 6.92 Å². The molecule has 0 spiro atoms. The normalized spacial score (nSPS) is 51.8.